The SMILES string of the molecule is O=c1[nH]c2ccccc2c(=O)cc1NCCO. The van der Waals surface area contributed by atoms with Crippen LogP contribution in [0.5, 0.6) is 0 Å². The quantitative estimate of drug-likeness (QED) is 0.710. The zero-order chi connectivity index (χ0) is 12.3. The van der Waals surface area contributed by atoms with Crippen molar-refractivity contribution >= 4 is 16.6 Å². The molecule has 1 aromatic carbocycles. The van der Waals surface area contributed by atoms with E-state index in [4.69, 9.17) is 5.11 Å². The van der Waals surface area contributed by atoms with Crippen molar-refractivity contribution in [1.29, 1.82) is 0 Å². The van der Waals surface area contributed by atoms with Gasteiger partial charge in [-0.15, -0.1) is 0 Å². The molecule has 0 atom stereocenters. The maximum atomic E-state index is 11.9. The lowest BCUT2D eigenvalue weighted by atomic mass is 10.2. The molecule has 0 unspecified atom stereocenters. The minimum absolute atomic E-state index is 0.105. The van der Waals surface area contributed by atoms with Gasteiger partial charge in [0, 0.05) is 18.0 Å². The van der Waals surface area contributed by atoms with Crippen molar-refractivity contribution in [1.82, 2.24) is 4.98 Å². The molecule has 0 bridgehead atoms. The van der Waals surface area contributed by atoms with Gasteiger partial charge >= 0.3 is 0 Å². The van der Waals surface area contributed by atoms with Crippen molar-refractivity contribution in [2.45, 2.75) is 0 Å². The van der Waals surface area contributed by atoms with Crippen molar-refractivity contribution in [3.63, 3.8) is 0 Å². The number of anilines is 1. The highest BCUT2D eigenvalue weighted by Gasteiger charge is 2.02. The topological polar surface area (TPSA) is 82.2 Å². The van der Waals surface area contributed by atoms with E-state index in [9.17, 15) is 9.59 Å². The number of hydrogen-bond donors (Lipinski definition) is 3. The molecule has 1 heterocycles. The van der Waals surface area contributed by atoms with Crippen LogP contribution in [0, 0.1) is 0 Å². The minimum Gasteiger partial charge on any atom is -0.395 e. The molecule has 88 valence electrons. The molecular formula is C12H12N2O3. The highest BCUT2D eigenvalue weighted by atomic mass is 16.3. The summed E-state index contributed by atoms with van der Waals surface area (Å²) in [6.07, 6.45) is 0. The van der Waals surface area contributed by atoms with Crippen LogP contribution < -0.4 is 16.3 Å². The summed E-state index contributed by atoms with van der Waals surface area (Å²) in [4.78, 5) is 26.2. The number of fused-ring (bicyclic) bond motifs is 1. The van der Waals surface area contributed by atoms with Crippen molar-refractivity contribution in [3.05, 3.63) is 50.9 Å². The first-order valence-electron chi connectivity index (χ1n) is 5.23. The highest BCUT2D eigenvalue weighted by Crippen LogP contribution is 2.04. The van der Waals surface area contributed by atoms with Crippen molar-refractivity contribution in [2.75, 3.05) is 18.5 Å². The summed E-state index contributed by atoms with van der Waals surface area (Å²) in [6.45, 7) is 0.120. The molecule has 0 fully saturated rings. The average Bonchev–Trinajstić information content (AvgIpc) is 2.45. The smallest absolute Gasteiger partial charge is 0.271 e. The minimum atomic E-state index is -0.378. The first-order valence-corrected chi connectivity index (χ1v) is 5.23. The summed E-state index contributed by atoms with van der Waals surface area (Å²) in [5.41, 5.74) is 0.0518. The molecule has 2 rings (SSSR count). The van der Waals surface area contributed by atoms with Gasteiger partial charge in [-0.25, -0.2) is 0 Å². The van der Waals surface area contributed by atoms with Crippen LogP contribution in [0.2, 0.25) is 0 Å². The van der Waals surface area contributed by atoms with Crippen molar-refractivity contribution in [2.24, 2.45) is 0 Å². The fourth-order valence-electron chi connectivity index (χ4n) is 1.59. The van der Waals surface area contributed by atoms with Gasteiger partial charge < -0.3 is 15.4 Å². The van der Waals surface area contributed by atoms with Crippen LogP contribution in [-0.4, -0.2) is 23.2 Å². The molecule has 1 aromatic heterocycles. The molecular weight excluding hydrogens is 220 g/mol. The van der Waals surface area contributed by atoms with Crippen LogP contribution in [-0.2, 0) is 0 Å². The van der Waals surface area contributed by atoms with Gasteiger partial charge in [0.15, 0.2) is 5.43 Å². The Morgan fingerprint density at radius 1 is 1.24 bits per heavy atom. The first-order chi connectivity index (χ1) is 8.22. The van der Waals surface area contributed by atoms with Gasteiger partial charge in [-0.3, -0.25) is 9.59 Å². The third-order valence-corrected chi connectivity index (χ3v) is 2.39. The second-order valence-corrected chi connectivity index (χ2v) is 3.57. The summed E-state index contributed by atoms with van der Waals surface area (Å²) < 4.78 is 0. The highest BCUT2D eigenvalue weighted by molar-refractivity contribution is 5.78. The predicted octanol–water partition coefficient (Wildman–Crippen LogP) is 0.292. The maximum Gasteiger partial charge on any atom is 0.271 e. The molecule has 0 spiro atoms. The molecule has 5 nitrogen and oxygen atoms in total. The van der Waals surface area contributed by atoms with Crippen LogP contribution in [0.3, 0.4) is 0 Å². The van der Waals surface area contributed by atoms with Crippen LogP contribution in [0.15, 0.2) is 39.9 Å². The van der Waals surface area contributed by atoms with E-state index in [1.807, 2.05) is 0 Å². The number of nitrogens with one attached hydrogen (secondary N) is 2. The molecule has 5 heteroatoms. The lowest BCUT2D eigenvalue weighted by Gasteiger charge is -1.98. The number of aromatic nitrogens is 1. The molecule has 2 aromatic rings. The Morgan fingerprint density at radius 2 is 2.00 bits per heavy atom. The molecule has 0 amide bonds. The standard InChI is InChI=1S/C12H12N2O3/c15-6-5-13-10-7-11(16)8-3-1-2-4-9(8)14-12(10)17/h1-4,7,13,15H,5-6H2,(H,14,17). The van der Waals surface area contributed by atoms with Gasteiger partial charge in [0.25, 0.3) is 5.56 Å². The largest absolute Gasteiger partial charge is 0.395 e. The summed E-state index contributed by atoms with van der Waals surface area (Å²) in [7, 11) is 0. The summed E-state index contributed by atoms with van der Waals surface area (Å²) in [5.74, 6) is 0. The third kappa shape index (κ3) is 2.34. The normalized spacial score (nSPS) is 10.4. The fourth-order valence-corrected chi connectivity index (χ4v) is 1.59. The Labute approximate surface area is 96.7 Å². The zero-order valence-corrected chi connectivity index (χ0v) is 9.06. The number of hydrogen-bond acceptors (Lipinski definition) is 4. The van der Waals surface area contributed by atoms with Crippen molar-refractivity contribution < 1.29 is 5.11 Å². The van der Waals surface area contributed by atoms with Gasteiger partial charge in [0.1, 0.15) is 5.69 Å². The Hall–Kier alpha value is -2.14. The van der Waals surface area contributed by atoms with Crippen LogP contribution in [0.4, 0.5) is 5.69 Å². The maximum absolute atomic E-state index is 11.9. The van der Waals surface area contributed by atoms with Gasteiger partial charge in [0.2, 0.25) is 0 Å². The van der Waals surface area contributed by atoms with Gasteiger partial charge in [-0.1, -0.05) is 12.1 Å². The van der Waals surface area contributed by atoms with E-state index in [1.165, 1.54) is 6.07 Å². The number of para-hydroxylation sites is 1. The van der Waals surface area contributed by atoms with E-state index in [0.29, 0.717) is 10.9 Å². The molecule has 0 aliphatic rings. The fraction of sp³-hybridized carbons (Fsp3) is 0.167. The van der Waals surface area contributed by atoms with Gasteiger partial charge in [-0.2, -0.15) is 0 Å². The van der Waals surface area contributed by atoms with Gasteiger partial charge in [0.05, 0.1) is 12.1 Å². The first kappa shape index (κ1) is 11.3. The average molecular weight is 232 g/mol. The molecule has 0 saturated heterocycles. The Balaban J connectivity index is 2.70. The lowest BCUT2D eigenvalue weighted by Crippen LogP contribution is -2.15. The number of aromatic amines is 1. The summed E-state index contributed by atoms with van der Waals surface area (Å²) >= 11 is 0. The number of aliphatic hydroxyl groups is 1. The second-order valence-electron chi connectivity index (χ2n) is 3.57. The Bertz CT molecular complexity index is 649. The molecule has 0 radical (unpaired) electrons. The molecule has 0 aliphatic carbocycles. The van der Waals surface area contributed by atoms with Gasteiger partial charge in [-0.05, 0) is 12.1 Å². The molecule has 0 saturated carbocycles. The molecule has 3 N–H and O–H groups in total. The van der Waals surface area contributed by atoms with E-state index in [1.54, 1.807) is 24.3 Å². The molecule has 0 aliphatic heterocycles. The van der Waals surface area contributed by atoms with E-state index in [-0.39, 0.29) is 29.8 Å². The lowest BCUT2D eigenvalue weighted by molar-refractivity contribution is 0.311. The number of benzene rings is 1. The summed E-state index contributed by atoms with van der Waals surface area (Å²) in [5, 5.41) is 11.9. The number of aliphatic hydroxyl groups excluding tert-OH is 1. The molecule has 17 heavy (non-hydrogen) atoms. The zero-order valence-electron chi connectivity index (χ0n) is 9.06. The van der Waals surface area contributed by atoms with Crippen LogP contribution in [0.25, 0.3) is 10.9 Å². The van der Waals surface area contributed by atoms with Crippen LogP contribution >= 0.6 is 0 Å². The number of H-pyrrole nitrogens is 1. The second kappa shape index (κ2) is 4.80. The third-order valence-electron chi connectivity index (χ3n) is 2.39. The predicted molar refractivity (Wildman–Crippen MR) is 66.4 cm³/mol. The monoisotopic (exact) mass is 232 g/mol. The Kier molecular flexibility index (Phi) is 3.20. The summed E-state index contributed by atoms with van der Waals surface area (Å²) in [6, 6.07) is 8.07. The Morgan fingerprint density at radius 3 is 2.76 bits per heavy atom. The van der Waals surface area contributed by atoms with E-state index in [0.717, 1.165) is 0 Å². The van der Waals surface area contributed by atoms with Crippen LogP contribution in [0.1, 0.15) is 0 Å². The number of rotatable bonds is 3. The van der Waals surface area contributed by atoms with E-state index < -0.39 is 0 Å². The van der Waals surface area contributed by atoms with E-state index in [2.05, 4.69) is 10.3 Å². The van der Waals surface area contributed by atoms with E-state index >= 15 is 0 Å². The van der Waals surface area contributed by atoms with Crippen molar-refractivity contribution in [3.8, 4) is 0 Å².